The van der Waals surface area contributed by atoms with Gasteiger partial charge < -0.3 is 4.98 Å². The van der Waals surface area contributed by atoms with Gasteiger partial charge in [0.2, 0.25) is 5.56 Å². The lowest BCUT2D eigenvalue weighted by Gasteiger charge is -2.25. The maximum atomic E-state index is 11.4. The zero-order chi connectivity index (χ0) is 13.1. The molecule has 1 aromatic heterocycles. The molecule has 1 N–H and O–H groups in total. The van der Waals surface area contributed by atoms with Crippen molar-refractivity contribution in [3.63, 3.8) is 0 Å². The van der Waals surface area contributed by atoms with E-state index in [-0.39, 0.29) is 5.56 Å². The molecule has 1 atom stereocenters. The molecule has 0 fully saturated rings. The first-order chi connectivity index (χ1) is 9.33. The molecule has 0 bridgehead atoms. The lowest BCUT2D eigenvalue weighted by atomic mass is 9.82. The summed E-state index contributed by atoms with van der Waals surface area (Å²) in [5, 5.41) is 0. The second kappa shape index (κ2) is 5.43. The van der Waals surface area contributed by atoms with Crippen LogP contribution in [0.25, 0.3) is 0 Å². The topological polar surface area (TPSA) is 32.9 Å². The molecule has 2 nitrogen and oxygen atoms in total. The number of aromatic amines is 1. The van der Waals surface area contributed by atoms with Crippen molar-refractivity contribution in [2.45, 2.75) is 38.0 Å². The predicted octanol–water partition coefficient (Wildman–Crippen LogP) is 3.43. The van der Waals surface area contributed by atoms with Crippen LogP contribution < -0.4 is 5.56 Å². The van der Waals surface area contributed by atoms with E-state index in [1.807, 2.05) is 6.07 Å². The van der Waals surface area contributed by atoms with E-state index in [1.165, 1.54) is 30.4 Å². The minimum Gasteiger partial charge on any atom is -0.326 e. The Labute approximate surface area is 113 Å². The Hall–Kier alpha value is -1.83. The number of aromatic nitrogens is 1. The molecule has 0 radical (unpaired) electrons. The molecule has 0 saturated carbocycles. The molecule has 1 unspecified atom stereocenters. The second-order valence-electron chi connectivity index (χ2n) is 5.37. The Morgan fingerprint density at radius 2 is 1.95 bits per heavy atom. The molecule has 0 spiro atoms. The predicted molar refractivity (Wildman–Crippen MR) is 77.5 cm³/mol. The third-order valence-electron chi connectivity index (χ3n) is 4.08. The maximum absolute atomic E-state index is 11.4. The smallest absolute Gasteiger partial charge is 0.248 e. The molecule has 1 aromatic carbocycles. The lowest BCUT2D eigenvalue weighted by Crippen LogP contribution is -2.17. The van der Waals surface area contributed by atoms with Crippen LogP contribution in [-0.2, 0) is 12.8 Å². The molecule has 1 heterocycles. The van der Waals surface area contributed by atoms with Gasteiger partial charge in [0, 0.05) is 11.8 Å². The summed E-state index contributed by atoms with van der Waals surface area (Å²) in [5.74, 6) is 0.598. The fraction of sp³-hybridized carbons (Fsp3) is 0.353. The van der Waals surface area contributed by atoms with Gasteiger partial charge in [0.15, 0.2) is 0 Å². The molecule has 19 heavy (non-hydrogen) atoms. The normalized spacial score (nSPS) is 18.0. The number of benzene rings is 1. The number of rotatable bonds is 3. The number of hydrogen-bond donors (Lipinski definition) is 1. The zero-order valence-corrected chi connectivity index (χ0v) is 11.1. The Bertz CT molecular complexity index is 600. The molecule has 0 aliphatic heterocycles. The third-order valence-corrected chi connectivity index (χ3v) is 4.08. The highest BCUT2D eigenvalue weighted by atomic mass is 16.1. The van der Waals surface area contributed by atoms with Crippen molar-refractivity contribution in [2.75, 3.05) is 0 Å². The Morgan fingerprint density at radius 3 is 2.79 bits per heavy atom. The van der Waals surface area contributed by atoms with Crippen LogP contribution in [0.3, 0.4) is 0 Å². The van der Waals surface area contributed by atoms with E-state index in [4.69, 9.17) is 0 Å². The van der Waals surface area contributed by atoms with Gasteiger partial charge in [-0.2, -0.15) is 0 Å². The quantitative estimate of drug-likeness (QED) is 0.893. The van der Waals surface area contributed by atoms with Crippen molar-refractivity contribution in [1.82, 2.24) is 4.98 Å². The van der Waals surface area contributed by atoms with Gasteiger partial charge in [-0.1, -0.05) is 36.4 Å². The number of H-pyrrole nitrogens is 1. The number of hydrogen-bond acceptors (Lipinski definition) is 1. The van der Waals surface area contributed by atoms with Crippen LogP contribution in [0, 0.1) is 0 Å². The molecule has 1 aliphatic carbocycles. The van der Waals surface area contributed by atoms with E-state index in [9.17, 15) is 4.79 Å². The summed E-state index contributed by atoms with van der Waals surface area (Å²) in [6, 6.07) is 14.3. The highest BCUT2D eigenvalue weighted by Gasteiger charge is 2.20. The van der Waals surface area contributed by atoms with Crippen LogP contribution in [0.2, 0.25) is 0 Å². The van der Waals surface area contributed by atoms with E-state index < -0.39 is 0 Å². The van der Waals surface area contributed by atoms with E-state index in [1.54, 1.807) is 6.07 Å². The van der Waals surface area contributed by atoms with Gasteiger partial charge in [-0.15, -0.1) is 0 Å². The van der Waals surface area contributed by atoms with Crippen LogP contribution in [0.4, 0.5) is 0 Å². The first-order valence-electron chi connectivity index (χ1n) is 7.09. The number of nitrogens with one attached hydrogen (secondary N) is 1. The minimum absolute atomic E-state index is 0.0301. The summed E-state index contributed by atoms with van der Waals surface area (Å²) in [6.45, 7) is 0. The van der Waals surface area contributed by atoms with Gasteiger partial charge in [-0.05, 0) is 49.1 Å². The summed E-state index contributed by atoms with van der Waals surface area (Å²) >= 11 is 0. The molecule has 98 valence electrons. The monoisotopic (exact) mass is 253 g/mol. The van der Waals surface area contributed by atoms with E-state index in [0.29, 0.717) is 5.92 Å². The van der Waals surface area contributed by atoms with Crippen LogP contribution in [0.1, 0.15) is 42.0 Å². The van der Waals surface area contributed by atoms with Crippen LogP contribution in [-0.4, -0.2) is 4.98 Å². The van der Waals surface area contributed by atoms with E-state index in [0.717, 1.165) is 18.5 Å². The fourth-order valence-electron chi connectivity index (χ4n) is 3.08. The number of fused-ring (bicyclic) bond motifs is 1. The third kappa shape index (κ3) is 2.78. The maximum Gasteiger partial charge on any atom is 0.248 e. The van der Waals surface area contributed by atoms with Crippen LogP contribution in [0.15, 0.2) is 47.3 Å². The molecule has 0 saturated heterocycles. The standard InChI is InChI=1S/C17H19NO/c19-17-12-11-15-14(7-4-8-16(15)18-17)10-9-13-5-2-1-3-6-13/h1-3,5-6,11-12,14H,4,7-10H2,(H,18,19). The minimum atomic E-state index is 0.0301. The van der Waals surface area contributed by atoms with Crippen molar-refractivity contribution in [2.24, 2.45) is 0 Å². The molecule has 0 amide bonds. The molecule has 2 heteroatoms. The molecular weight excluding hydrogens is 234 g/mol. The lowest BCUT2D eigenvalue weighted by molar-refractivity contribution is 0.512. The SMILES string of the molecule is O=c1ccc2c([nH]1)CCCC2CCc1ccccc1. The van der Waals surface area contributed by atoms with Gasteiger partial charge in [0.05, 0.1) is 0 Å². The fourth-order valence-corrected chi connectivity index (χ4v) is 3.08. The van der Waals surface area contributed by atoms with Crippen molar-refractivity contribution < 1.29 is 0 Å². The number of aryl methyl sites for hydroxylation is 2. The van der Waals surface area contributed by atoms with Crippen molar-refractivity contribution in [3.8, 4) is 0 Å². The van der Waals surface area contributed by atoms with Crippen molar-refractivity contribution in [3.05, 3.63) is 69.6 Å². The average molecular weight is 253 g/mol. The average Bonchev–Trinajstić information content (AvgIpc) is 2.45. The van der Waals surface area contributed by atoms with E-state index in [2.05, 4.69) is 35.3 Å². The van der Waals surface area contributed by atoms with Gasteiger partial charge in [0.25, 0.3) is 0 Å². The molecule has 3 rings (SSSR count). The van der Waals surface area contributed by atoms with Gasteiger partial charge >= 0.3 is 0 Å². The summed E-state index contributed by atoms with van der Waals surface area (Å²) in [7, 11) is 0. The van der Waals surface area contributed by atoms with Gasteiger partial charge in [-0.3, -0.25) is 4.79 Å². The summed E-state index contributed by atoms with van der Waals surface area (Å²) in [4.78, 5) is 14.4. The van der Waals surface area contributed by atoms with Crippen molar-refractivity contribution >= 4 is 0 Å². The first kappa shape index (κ1) is 12.2. The summed E-state index contributed by atoms with van der Waals surface area (Å²) in [6.07, 6.45) is 5.73. The summed E-state index contributed by atoms with van der Waals surface area (Å²) < 4.78 is 0. The highest BCUT2D eigenvalue weighted by Crippen LogP contribution is 2.33. The first-order valence-corrected chi connectivity index (χ1v) is 7.09. The van der Waals surface area contributed by atoms with Crippen molar-refractivity contribution in [1.29, 1.82) is 0 Å². The van der Waals surface area contributed by atoms with E-state index >= 15 is 0 Å². The highest BCUT2D eigenvalue weighted by molar-refractivity contribution is 5.27. The van der Waals surface area contributed by atoms with Gasteiger partial charge in [-0.25, -0.2) is 0 Å². The Morgan fingerprint density at radius 1 is 1.11 bits per heavy atom. The Balaban J connectivity index is 1.75. The molecule has 1 aliphatic rings. The van der Waals surface area contributed by atoms with Crippen LogP contribution in [0.5, 0.6) is 0 Å². The zero-order valence-electron chi connectivity index (χ0n) is 11.1. The number of pyridine rings is 1. The largest absolute Gasteiger partial charge is 0.326 e. The summed E-state index contributed by atoms with van der Waals surface area (Å²) in [5.41, 5.74) is 3.96. The van der Waals surface area contributed by atoms with Gasteiger partial charge in [0.1, 0.15) is 0 Å². The van der Waals surface area contributed by atoms with Crippen LogP contribution >= 0.6 is 0 Å². The Kier molecular flexibility index (Phi) is 3.49. The molecule has 2 aromatic rings. The molecular formula is C17H19NO. The second-order valence-corrected chi connectivity index (χ2v) is 5.37.